The minimum atomic E-state index is -0.859. The zero-order chi connectivity index (χ0) is 17.3. The molecule has 0 saturated carbocycles. The maximum atomic E-state index is 12.4. The number of ether oxygens (including phenoxy) is 2. The first kappa shape index (κ1) is 15.9. The summed E-state index contributed by atoms with van der Waals surface area (Å²) in [6.45, 7) is 1.91. The number of hydrogen-bond acceptors (Lipinski definition) is 5. The molecule has 1 aromatic heterocycles. The topological polar surface area (TPSA) is 88.6 Å². The third-order valence-electron chi connectivity index (χ3n) is 3.91. The molecule has 6 heteroatoms. The zero-order valence-corrected chi connectivity index (χ0v) is 13.3. The number of H-pyrrole nitrogens is 1. The number of phenolic OH excluding ortho intramolecular Hbond substituents is 1. The second-order valence-electron chi connectivity index (χ2n) is 5.45. The molecule has 0 fully saturated rings. The van der Waals surface area contributed by atoms with E-state index in [4.69, 9.17) is 9.47 Å². The van der Waals surface area contributed by atoms with E-state index in [0.717, 1.165) is 5.69 Å². The lowest BCUT2D eigenvalue weighted by Crippen LogP contribution is -2.16. The van der Waals surface area contributed by atoms with Gasteiger partial charge in [0, 0.05) is 30.4 Å². The Morgan fingerprint density at radius 3 is 2.79 bits per heavy atom. The van der Waals surface area contributed by atoms with E-state index >= 15 is 0 Å². The second-order valence-corrected chi connectivity index (χ2v) is 5.45. The van der Waals surface area contributed by atoms with Gasteiger partial charge in [-0.1, -0.05) is 12.2 Å². The van der Waals surface area contributed by atoms with E-state index in [9.17, 15) is 14.7 Å². The highest BCUT2D eigenvalue weighted by atomic mass is 16.6. The Bertz CT molecular complexity index is 881. The first-order chi connectivity index (χ1) is 11.5. The average Bonchev–Trinajstić information content (AvgIpc) is 2.89. The van der Waals surface area contributed by atoms with Crippen LogP contribution in [0.3, 0.4) is 0 Å². The SMILES string of the molecule is C/C=C/Cc1cc(=O)c(C2OC(=O)c3cc(O)cc(OC)c32)c[nH]1. The Labute approximate surface area is 138 Å². The van der Waals surface area contributed by atoms with Gasteiger partial charge in [0.05, 0.1) is 23.8 Å². The smallest absolute Gasteiger partial charge is 0.339 e. The molecule has 1 atom stereocenters. The standard InChI is InChI=1S/C18H17NO5/c1-3-4-5-10-6-14(21)13(9-19-10)17-16-12(18(22)24-17)7-11(20)8-15(16)23-2/h3-4,6-9,17,20H,5H2,1-2H3,(H,19,21)/b4-3+. The second kappa shape index (κ2) is 6.23. The number of hydrogen-bond donors (Lipinski definition) is 2. The Morgan fingerprint density at radius 2 is 2.12 bits per heavy atom. The van der Waals surface area contributed by atoms with Crippen molar-refractivity contribution in [2.24, 2.45) is 0 Å². The van der Waals surface area contributed by atoms with Crippen molar-refractivity contribution in [2.45, 2.75) is 19.4 Å². The number of carbonyl (C=O) groups is 1. The number of aromatic amines is 1. The van der Waals surface area contributed by atoms with Crippen molar-refractivity contribution in [3.05, 3.63) is 69.2 Å². The lowest BCUT2D eigenvalue weighted by molar-refractivity contribution is 0.0452. The number of allylic oxidation sites excluding steroid dienone is 2. The van der Waals surface area contributed by atoms with E-state index in [2.05, 4.69) is 4.98 Å². The van der Waals surface area contributed by atoms with Gasteiger partial charge in [-0.3, -0.25) is 4.79 Å². The normalized spacial score (nSPS) is 16.2. The van der Waals surface area contributed by atoms with Crippen molar-refractivity contribution in [3.63, 3.8) is 0 Å². The molecule has 0 aliphatic carbocycles. The van der Waals surface area contributed by atoms with Gasteiger partial charge in [0.15, 0.2) is 11.5 Å². The minimum Gasteiger partial charge on any atom is -0.508 e. The van der Waals surface area contributed by atoms with Crippen molar-refractivity contribution >= 4 is 5.97 Å². The predicted octanol–water partition coefficient (Wildman–Crippen LogP) is 2.47. The first-order valence-electron chi connectivity index (χ1n) is 7.49. The van der Waals surface area contributed by atoms with Gasteiger partial charge in [-0.05, 0) is 13.0 Å². The lowest BCUT2D eigenvalue weighted by Gasteiger charge is -2.14. The fraction of sp³-hybridized carbons (Fsp3) is 0.222. The number of benzene rings is 1. The number of rotatable bonds is 4. The molecule has 1 aliphatic rings. The van der Waals surface area contributed by atoms with E-state index in [0.29, 0.717) is 23.3 Å². The van der Waals surface area contributed by atoms with Crippen LogP contribution in [-0.4, -0.2) is 23.2 Å². The number of fused-ring (bicyclic) bond motifs is 1. The van der Waals surface area contributed by atoms with E-state index in [-0.39, 0.29) is 16.7 Å². The fourth-order valence-corrected chi connectivity index (χ4v) is 2.76. The van der Waals surface area contributed by atoms with Gasteiger partial charge < -0.3 is 19.6 Å². The van der Waals surface area contributed by atoms with Gasteiger partial charge in [0.1, 0.15) is 11.5 Å². The van der Waals surface area contributed by atoms with Crippen LogP contribution in [0.1, 0.15) is 40.2 Å². The number of methoxy groups -OCH3 is 1. The quantitative estimate of drug-likeness (QED) is 0.665. The number of aromatic nitrogens is 1. The monoisotopic (exact) mass is 327 g/mol. The largest absolute Gasteiger partial charge is 0.508 e. The lowest BCUT2D eigenvalue weighted by atomic mass is 9.98. The Morgan fingerprint density at radius 1 is 1.33 bits per heavy atom. The summed E-state index contributed by atoms with van der Waals surface area (Å²) in [6.07, 6.45) is 5.15. The summed E-state index contributed by atoms with van der Waals surface area (Å²) >= 11 is 0. The highest BCUT2D eigenvalue weighted by Gasteiger charge is 2.37. The molecule has 0 spiro atoms. The third kappa shape index (κ3) is 2.67. The number of pyridine rings is 1. The molecule has 124 valence electrons. The average molecular weight is 327 g/mol. The third-order valence-corrected chi connectivity index (χ3v) is 3.91. The van der Waals surface area contributed by atoms with E-state index in [1.807, 2.05) is 19.1 Å². The number of nitrogens with one attached hydrogen (secondary N) is 1. The van der Waals surface area contributed by atoms with Crippen LogP contribution in [0.25, 0.3) is 0 Å². The van der Waals surface area contributed by atoms with Crippen LogP contribution in [0.2, 0.25) is 0 Å². The van der Waals surface area contributed by atoms with Crippen LogP contribution in [0, 0.1) is 0 Å². The van der Waals surface area contributed by atoms with E-state index in [1.54, 1.807) is 6.20 Å². The van der Waals surface area contributed by atoms with Crippen LogP contribution in [0.5, 0.6) is 11.5 Å². The highest BCUT2D eigenvalue weighted by molar-refractivity contribution is 5.96. The van der Waals surface area contributed by atoms with Gasteiger partial charge in [-0.15, -0.1) is 0 Å². The van der Waals surface area contributed by atoms with Crippen LogP contribution >= 0.6 is 0 Å². The first-order valence-corrected chi connectivity index (χ1v) is 7.49. The molecule has 2 N–H and O–H groups in total. The maximum Gasteiger partial charge on any atom is 0.339 e. The molecule has 24 heavy (non-hydrogen) atoms. The molecular weight excluding hydrogens is 310 g/mol. The zero-order valence-electron chi connectivity index (χ0n) is 13.3. The molecule has 6 nitrogen and oxygen atoms in total. The highest BCUT2D eigenvalue weighted by Crippen LogP contribution is 2.42. The number of aromatic hydroxyl groups is 1. The molecule has 0 amide bonds. The molecule has 3 rings (SSSR count). The number of phenols is 1. The molecular formula is C18H17NO5. The minimum absolute atomic E-state index is 0.0983. The summed E-state index contributed by atoms with van der Waals surface area (Å²) in [5.41, 5.74) is 1.51. The number of carbonyl (C=O) groups excluding carboxylic acids is 1. The molecule has 0 bridgehead atoms. The molecule has 2 aromatic rings. The van der Waals surface area contributed by atoms with Crippen molar-refractivity contribution in [1.29, 1.82) is 0 Å². The summed E-state index contributed by atoms with van der Waals surface area (Å²) in [6, 6.07) is 4.20. The summed E-state index contributed by atoms with van der Waals surface area (Å²) in [4.78, 5) is 27.6. The van der Waals surface area contributed by atoms with E-state index in [1.165, 1.54) is 25.3 Å². The predicted molar refractivity (Wildman–Crippen MR) is 87.5 cm³/mol. The molecule has 1 aliphatic heterocycles. The fourth-order valence-electron chi connectivity index (χ4n) is 2.76. The molecule has 0 radical (unpaired) electrons. The van der Waals surface area contributed by atoms with Gasteiger partial charge in [0.2, 0.25) is 0 Å². The number of esters is 1. The summed E-state index contributed by atoms with van der Waals surface area (Å²) in [7, 11) is 1.43. The van der Waals surface area contributed by atoms with Crippen molar-refractivity contribution < 1.29 is 19.4 Å². The van der Waals surface area contributed by atoms with Gasteiger partial charge in [-0.25, -0.2) is 4.79 Å². The molecule has 2 heterocycles. The summed E-state index contributed by atoms with van der Waals surface area (Å²) in [5, 5.41) is 9.69. The Balaban J connectivity index is 2.08. The van der Waals surface area contributed by atoms with Gasteiger partial charge in [-0.2, -0.15) is 0 Å². The molecule has 1 aromatic carbocycles. The van der Waals surface area contributed by atoms with Crippen LogP contribution in [0.15, 0.2) is 41.3 Å². The van der Waals surface area contributed by atoms with Crippen LogP contribution in [0.4, 0.5) is 0 Å². The Kier molecular flexibility index (Phi) is 4.12. The van der Waals surface area contributed by atoms with Gasteiger partial charge in [0.25, 0.3) is 0 Å². The summed E-state index contributed by atoms with van der Waals surface area (Å²) < 4.78 is 10.6. The van der Waals surface area contributed by atoms with Crippen molar-refractivity contribution in [2.75, 3.05) is 7.11 Å². The molecule has 0 saturated heterocycles. The number of cyclic esters (lactones) is 1. The van der Waals surface area contributed by atoms with Crippen LogP contribution < -0.4 is 10.2 Å². The van der Waals surface area contributed by atoms with Crippen molar-refractivity contribution in [3.8, 4) is 11.5 Å². The Hall–Kier alpha value is -3.02. The van der Waals surface area contributed by atoms with E-state index < -0.39 is 12.1 Å². The summed E-state index contributed by atoms with van der Waals surface area (Å²) in [5.74, 6) is -0.390. The molecule has 1 unspecified atom stereocenters. The van der Waals surface area contributed by atoms with Crippen LogP contribution in [-0.2, 0) is 11.2 Å². The maximum absolute atomic E-state index is 12.4. The van der Waals surface area contributed by atoms with Gasteiger partial charge >= 0.3 is 5.97 Å². The van der Waals surface area contributed by atoms with Crippen molar-refractivity contribution in [1.82, 2.24) is 4.98 Å².